The van der Waals surface area contributed by atoms with Crippen molar-refractivity contribution in [1.29, 1.82) is 0 Å². The second-order valence-corrected chi connectivity index (χ2v) is 11.4. The standard InChI is InChI=1S/C28H38N4O8S/c1-17-29-14-22(41-17)26(36)32-21(16-38-5)25(35)31-20(15-37-4)24(34)30-19(13-18-9-7-6-8-10-18)23(33)28(2,3)27-39-11-12-40-27/h6-10,14,19-21,27H,11-13,15-16H2,1-5H3,(H,30,34)(H,31,35)(H,32,36)/t19-,20-,21-/m0/s1. The second kappa shape index (κ2) is 15.1. The van der Waals surface area contributed by atoms with E-state index in [0.717, 1.165) is 5.56 Å². The Bertz CT molecular complexity index is 1180. The van der Waals surface area contributed by atoms with Gasteiger partial charge < -0.3 is 34.9 Å². The molecule has 2 aromatic rings. The molecule has 1 aromatic carbocycles. The van der Waals surface area contributed by atoms with Crippen molar-refractivity contribution in [2.24, 2.45) is 5.41 Å². The van der Waals surface area contributed by atoms with Gasteiger partial charge in [-0.1, -0.05) is 30.3 Å². The Hall–Kier alpha value is -3.23. The van der Waals surface area contributed by atoms with Crippen LogP contribution < -0.4 is 16.0 Å². The maximum atomic E-state index is 13.8. The van der Waals surface area contributed by atoms with Crippen molar-refractivity contribution in [3.63, 3.8) is 0 Å². The number of aromatic nitrogens is 1. The predicted octanol–water partition coefficient (Wildman–Crippen LogP) is 1.02. The SMILES string of the molecule is COC[C@H](NC(=O)c1cnc(C)s1)C(=O)N[C@@H](COC)C(=O)N[C@@H](Cc1ccccc1)C(=O)C(C)(C)C1OCCO1. The molecule has 1 fully saturated rings. The van der Waals surface area contributed by atoms with Crippen LogP contribution in [-0.4, -0.2) is 93.6 Å². The fourth-order valence-corrected chi connectivity index (χ4v) is 5.02. The summed E-state index contributed by atoms with van der Waals surface area (Å²) < 4.78 is 21.6. The van der Waals surface area contributed by atoms with Crippen LogP contribution in [0.3, 0.4) is 0 Å². The zero-order valence-corrected chi connectivity index (χ0v) is 24.7. The van der Waals surface area contributed by atoms with E-state index < -0.39 is 47.6 Å². The van der Waals surface area contributed by atoms with Crippen LogP contribution in [-0.2, 0) is 39.8 Å². The molecule has 0 bridgehead atoms. The van der Waals surface area contributed by atoms with Crippen molar-refractivity contribution >= 4 is 34.8 Å². The molecule has 3 N–H and O–H groups in total. The molecule has 1 saturated heterocycles. The molecule has 1 aliphatic rings. The first-order valence-electron chi connectivity index (χ1n) is 13.2. The van der Waals surface area contributed by atoms with Crippen molar-refractivity contribution < 1.29 is 38.1 Å². The lowest BCUT2D eigenvalue weighted by Gasteiger charge is -2.33. The van der Waals surface area contributed by atoms with Gasteiger partial charge in [0.25, 0.3) is 5.91 Å². The predicted molar refractivity (Wildman–Crippen MR) is 150 cm³/mol. The summed E-state index contributed by atoms with van der Waals surface area (Å²) in [5, 5.41) is 8.75. The van der Waals surface area contributed by atoms with E-state index in [0.29, 0.717) is 23.1 Å². The molecule has 3 amide bonds. The van der Waals surface area contributed by atoms with E-state index in [9.17, 15) is 19.2 Å². The number of nitrogens with one attached hydrogen (secondary N) is 3. The third-order valence-corrected chi connectivity index (χ3v) is 7.44. The van der Waals surface area contributed by atoms with Crippen molar-refractivity contribution in [2.75, 3.05) is 40.6 Å². The minimum absolute atomic E-state index is 0.138. The van der Waals surface area contributed by atoms with Crippen LogP contribution >= 0.6 is 11.3 Å². The third kappa shape index (κ3) is 8.88. The normalized spacial score (nSPS) is 16.0. The lowest BCUT2D eigenvalue weighted by atomic mass is 9.81. The number of benzene rings is 1. The van der Waals surface area contributed by atoms with Crippen LogP contribution in [0, 0.1) is 12.3 Å². The first kappa shape index (κ1) is 32.3. The zero-order chi connectivity index (χ0) is 30.0. The number of ether oxygens (including phenoxy) is 4. The van der Waals surface area contributed by atoms with Crippen LogP contribution in [0.4, 0.5) is 0 Å². The van der Waals surface area contributed by atoms with Gasteiger partial charge >= 0.3 is 0 Å². The average molecular weight is 591 g/mol. The minimum Gasteiger partial charge on any atom is -0.382 e. The summed E-state index contributed by atoms with van der Waals surface area (Å²) in [6, 6.07) is 6.06. The maximum Gasteiger partial charge on any atom is 0.263 e. The number of nitrogens with zero attached hydrogens (tertiary/aromatic N) is 1. The molecule has 3 rings (SSSR count). The summed E-state index contributed by atoms with van der Waals surface area (Å²) in [5.74, 6) is -2.06. The maximum absolute atomic E-state index is 13.8. The smallest absolute Gasteiger partial charge is 0.263 e. The molecule has 0 aliphatic carbocycles. The highest BCUT2D eigenvalue weighted by molar-refractivity contribution is 7.13. The zero-order valence-electron chi connectivity index (χ0n) is 23.9. The van der Waals surface area contributed by atoms with Gasteiger partial charge in [0.2, 0.25) is 11.8 Å². The Morgan fingerprint density at radius 1 is 0.951 bits per heavy atom. The van der Waals surface area contributed by atoms with Crippen molar-refractivity contribution in [2.45, 2.75) is 51.6 Å². The highest BCUT2D eigenvalue weighted by atomic mass is 32.1. The number of thiazole rings is 1. The molecule has 0 saturated carbocycles. The number of carbonyl (C=O) groups excluding carboxylic acids is 4. The Labute approximate surface area is 243 Å². The number of rotatable bonds is 15. The minimum atomic E-state index is -1.16. The van der Waals surface area contributed by atoms with Gasteiger partial charge in [-0.2, -0.15) is 0 Å². The lowest BCUT2D eigenvalue weighted by Crippen LogP contribution is -2.59. The largest absolute Gasteiger partial charge is 0.382 e. The van der Waals surface area contributed by atoms with Crippen molar-refractivity contribution in [1.82, 2.24) is 20.9 Å². The number of amides is 3. The van der Waals surface area contributed by atoms with Crippen molar-refractivity contribution in [3.05, 3.63) is 52.0 Å². The summed E-state index contributed by atoms with van der Waals surface area (Å²) in [6.45, 7) is 5.63. The number of hydrogen-bond donors (Lipinski definition) is 3. The van der Waals surface area contributed by atoms with Crippen LogP contribution in [0.15, 0.2) is 36.5 Å². The quantitative estimate of drug-likeness (QED) is 0.276. The molecule has 41 heavy (non-hydrogen) atoms. The number of Topliss-reactive ketones (excluding diaryl/α,β-unsaturated/α-hetero) is 1. The van der Waals surface area contributed by atoms with E-state index in [2.05, 4.69) is 20.9 Å². The first-order chi connectivity index (χ1) is 19.6. The van der Waals surface area contributed by atoms with E-state index in [1.54, 1.807) is 20.8 Å². The van der Waals surface area contributed by atoms with Crippen molar-refractivity contribution in [3.8, 4) is 0 Å². The molecule has 13 heteroatoms. The molecular formula is C28H38N4O8S. The van der Waals surface area contributed by atoms with E-state index >= 15 is 0 Å². The topological polar surface area (TPSA) is 154 Å². The van der Waals surface area contributed by atoms with Gasteiger partial charge in [0, 0.05) is 14.2 Å². The first-order valence-corrected chi connectivity index (χ1v) is 14.0. The van der Waals surface area contributed by atoms with E-state index in [4.69, 9.17) is 18.9 Å². The van der Waals surface area contributed by atoms with E-state index in [-0.39, 0.29) is 25.4 Å². The Balaban J connectivity index is 1.76. The number of methoxy groups -OCH3 is 2. The lowest BCUT2D eigenvalue weighted by molar-refractivity contribution is -0.158. The van der Waals surface area contributed by atoms with Crippen LogP contribution in [0.5, 0.6) is 0 Å². The monoisotopic (exact) mass is 590 g/mol. The van der Waals surface area contributed by atoms with Crippen LogP contribution in [0.2, 0.25) is 0 Å². The molecule has 3 atom stereocenters. The molecular weight excluding hydrogens is 552 g/mol. The Morgan fingerprint density at radius 2 is 1.51 bits per heavy atom. The number of hydrogen-bond acceptors (Lipinski definition) is 10. The molecule has 0 radical (unpaired) electrons. The third-order valence-electron chi connectivity index (χ3n) is 6.53. The van der Waals surface area contributed by atoms with E-state index in [1.165, 1.54) is 31.8 Å². The van der Waals surface area contributed by atoms with Gasteiger partial charge in [-0.15, -0.1) is 11.3 Å². The molecule has 0 spiro atoms. The summed E-state index contributed by atoms with van der Waals surface area (Å²) in [5.41, 5.74) is -0.227. The summed E-state index contributed by atoms with van der Waals surface area (Å²) in [6.07, 6.45) is 0.886. The van der Waals surface area contributed by atoms with Crippen LogP contribution in [0.25, 0.3) is 0 Å². The second-order valence-electron chi connectivity index (χ2n) is 10.2. The number of aryl methyl sites for hydroxylation is 1. The van der Waals surface area contributed by atoms with Crippen LogP contribution in [0.1, 0.15) is 34.1 Å². The van der Waals surface area contributed by atoms with Gasteiger partial charge in [0.05, 0.1) is 49.1 Å². The van der Waals surface area contributed by atoms with Gasteiger partial charge in [0.15, 0.2) is 12.1 Å². The fourth-order valence-electron chi connectivity index (χ4n) is 4.34. The molecule has 12 nitrogen and oxygen atoms in total. The molecule has 2 heterocycles. The number of ketones is 1. The molecule has 224 valence electrons. The Kier molecular flexibility index (Phi) is 11.9. The highest BCUT2D eigenvalue weighted by Gasteiger charge is 2.44. The average Bonchev–Trinajstić information content (AvgIpc) is 3.65. The van der Waals surface area contributed by atoms with E-state index in [1.807, 2.05) is 30.3 Å². The summed E-state index contributed by atoms with van der Waals surface area (Å²) in [4.78, 5) is 57.5. The molecule has 0 unspecified atom stereocenters. The molecule has 1 aromatic heterocycles. The summed E-state index contributed by atoms with van der Waals surface area (Å²) >= 11 is 1.19. The number of carbonyl (C=O) groups is 4. The van der Waals surface area contributed by atoms with Gasteiger partial charge in [0.1, 0.15) is 17.0 Å². The molecule has 1 aliphatic heterocycles. The van der Waals surface area contributed by atoms with Gasteiger partial charge in [-0.3, -0.25) is 19.2 Å². The fraction of sp³-hybridized carbons (Fsp3) is 0.536. The summed E-state index contributed by atoms with van der Waals surface area (Å²) in [7, 11) is 2.78. The van der Waals surface area contributed by atoms with Gasteiger partial charge in [-0.05, 0) is 32.8 Å². The Morgan fingerprint density at radius 3 is 2.05 bits per heavy atom. The highest BCUT2D eigenvalue weighted by Crippen LogP contribution is 2.30. The van der Waals surface area contributed by atoms with Gasteiger partial charge in [-0.25, -0.2) is 4.98 Å².